The summed E-state index contributed by atoms with van der Waals surface area (Å²) < 4.78 is 6.99. The molecule has 86 valence electrons. The maximum atomic E-state index is 5.36. The molecule has 0 aliphatic rings. The van der Waals surface area contributed by atoms with Crippen molar-refractivity contribution >= 4 is 0 Å². The molecule has 5 heteroatoms. The number of hydrogen-bond acceptors (Lipinski definition) is 4. The zero-order chi connectivity index (χ0) is 11.3. The summed E-state index contributed by atoms with van der Waals surface area (Å²) in [7, 11) is 1.82. The molecule has 5 nitrogen and oxygen atoms in total. The Balaban J connectivity index is 2.07. The molecule has 1 heterocycles. The molecular weight excluding hydrogens is 192 g/mol. The molecule has 0 amide bonds. The van der Waals surface area contributed by atoms with E-state index in [1.54, 1.807) is 11.0 Å². The molecule has 1 aromatic rings. The van der Waals surface area contributed by atoms with Gasteiger partial charge in [-0.1, -0.05) is 0 Å². The first-order valence-corrected chi connectivity index (χ1v) is 5.21. The molecule has 0 saturated carbocycles. The molecule has 0 aliphatic heterocycles. The van der Waals surface area contributed by atoms with E-state index in [4.69, 9.17) is 4.74 Å². The van der Waals surface area contributed by atoms with Gasteiger partial charge in [0, 0.05) is 12.6 Å². The third-order valence-corrected chi connectivity index (χ3v) is 1.79. The van der Waals surface area contributed by atoms with Crippen LogP contribution in [-0.2, 0) is 7.05 Å². The van der Waals surface area contributed by atoms with Gasteiger partial charge in [0.1, 0.15) is 6.33 Å². The Morgan fingerprint density at radius 2 is 2.20 bits per heavy atom. The van der Waals surface area contributed by atoms with E-state index in [2.05, 4.69) is 36.2 Å². The van der Waals surface area contributed by atoms with E-state index < -0.39 is 0 Å². The van der Waals surface area contributed by atoms with Crippen molar-refractivity contribution in [1.29, 1.82) is 0 Å². The molecule has 0 aliphatic carbocycles. The average Bonchev–Trinajstić information content (AvgIpc) is 2.49. The van der Waals surface area contributed by atoms with E-state index in [-0.39, 0.29) is 5.54 Å². The molecule has 1 rings (SSSR count). The maximum Gasteiger partial charge on any atom is 0.335 e. The molecule has 0 radical (unpaired) electrons. The third-order valence-electron chi connectivity index (χ3n) is 1.79. The first-order valence-electron chi connectivity index (χ1n) is 5.21. The number of aromatic nitrogens is 3. The molecule has 0 fully saturated rings. The van der Waals surface area contributed by atoms with Crippen LogP contribution in [0.25, 0.3) is 0 Å². The van der Waals surface area contributed by atoms with Crippen molar-refractivity contribution in [2.75, 3.05) is 13.2 Å². The van der Waals surface area contributed by atoms with Gasteiger partial charge in [0.15, 0.2) is 0 Å². The zero-order valence-electron chi connectivity index (χ0n) is 9.95. The highest BCUT2D eigenvalue weighted by Gasteiger charge is 2.07. The summed E-state index contributed by atoms with van der Waals surface area (Å²) in [6.45, 7) is 8.03. The number of rotatable bonds is 5. The highest BCUT2D eigenvalue weighted by atomic mass is 16.5. The van der Waals surface area contributed by atoms with E-state index in [9.17, 15) is 0 Å². The minimum Gasteiger partial charge on any atom is -0.462 e. The summed E-state index contributed by atoms with van der Waals surface area (Å²) in [6.07, 6.45) is 2.58. The molecule has 0 unspecified atom stereocenters. The molecule has 15 heavy (non-hydrogen) atoms. The Bertz CT molecular complexity index is 290. The van der Waals surface area contributed by atoms with Crippen molar-refractivity contribution in [2.45, 2.75) is 32.7 Å². The van der Waals surface area contributed by atoms with Gasteiger partial charge in [-0.15, -0.1) is 5.10 Å². The quantitative estimate of drug-likeness (QED) is 0.739. The number of ether oxygens (including phenoxy) is 1. The second-order valence-electron chi connectivity index (χ2n) is 4.58. The fourth-order valence-electron chi connectivity index (χ4n) is 1.08. The fourth-order valence-corrected chi connectivity index (χ4v) is 1.08. The van der Waals surface area contributed by atoms with Crippen LogP contribution in [0.2, 0.25) is 0 Å². The van der Waals surface area contributed by atoms with Crippen LogP contribution in [0.1, 0.15) is 27.2 Å². The molecule has 0 saturated heterocycles. The zero-order valence-corrected chi connectivity index (χ0v) is 9.95. The van der Waals surface area contributed by atoms with Crippen molar-refractivity contribution in [3.05, 3.63) is 6.33 Å². The minimum absolute atomic E-state index is 0.170. The highest BCUT2D eigenvalue weighted by Crippen LogP contribution is 2.00. The fraction of sp³-hybridized carbons (Fsp3) is 0.800. The standard InChI is InChI=1S/C10H20N4O/c1-10(2,3)12-6-5-7-15-9-11-8-14(4)13-9/h8,12H,5-7H2,1-4H3. The van der Waals surface area contributed by atoms with Crippen LogP contribution in [0.15, 0.2) is 6.33 Å². The van der Waals surface area contributed by atoms with Gasteiger partial charge in [0.25, 0.3) is 0 Å². The first kappa shape index (κ1) is 12.0. The van der Waals surface area contributed by atoms with Crippen LogP contribution in [0.5, 0.6) is 6.01 Å². The topological polar surface area (TPSA) is 52.0 Å². The smallest absolute Gasteiger partial charge is 0.335 e. The lowest BCUT2D eigenvalue weighted by Crippen LogP contribution is -2.36. The van der Waals surface area contributed by atoms with Gasteiger partial charge in [-0.3, -0.25) is 4.68 Å². The maximum absolute atomic E-state index is 5.36. The van der Waals surface area contributed by atoms with E-state index in [0.717, 1.165) is 13.0 Å². The average molecular weight is 212 g/mol. The largest absolute Gasteiger partial charge is 0.462 e. The van der Waals surface area contributed by atoms with Gasteiger partial charge in [0.2, 0.25) is 0 Å². The lowest BCUT2D eigenvalue weighted by molar-refractivity contribution is 0.277. The van der Waals surface area contributed by atoms with E-state index >= 15 is 0 Å². The summed E-state index contributed by atoms with van der Waals surface area (Å²) in [5, 5.41) is 7.41. The van der Waals surface area contributed by atoms with Gasteiger partial charge in [-0.2, -0.15) is 4.98 Å². The van der Waals surface area contributed by atoms with E-state index in [1.807, 2.05) is 7.05 Å². The third kappa shape index (κ3) is 5.37. The number of nitrogens with zero attached hydrogens (tertiary/aromatic N) is 3. The van der Waals surface area contributed by atoms with Crippen molar-refractivity contribution in [1.82, 2.24) is 20.1 Å². The summed E-state index contributed by atoms with van der Waals surface area (Å²) in [5.74, 6) is 0. The predicted molar refractivity (Wildman–Crippen MR) is 58.9 cm³/mol. The molecule has 1 N–H and O–H groups in total. The molecule has 1 aromatic heterocycles. The van der Waals surface area contributed by atoms with Crippen LogP contribution in [0.4, 0.5) is 0 Å². The van der Waals surface area contributed by atoms with Gasteiger partial charge in [0.05, 0.1) is 6.61 Å². The van der Waals surface area contributed by atoms with Crippen LogP contribution in [0, 0.1) is 0 Å². The van der Waals surface area contributed by atoms with Crippen molar-refractivity contribution < 1.29 is 4.74 Å². The van der Waals surface area contributed by atoms with E-state index in [1.165, 1.54) is 0 Å². The lowest BCUT2D eigenvalue weighted by Gasteiger charge is -2.20. The summed E-state index contributed by atoms with van der Waals surface area (Å²) in [6, 6.07) is 0.452. The summed E-state index contributed by atoms with van der Waals surface area (Å²) in [5.41, 5.74) is 0.170. The van der Waals surface area contributed by atoms with Crippen molar-refractivity contribution in [3.8, 4) is 6.01 Å². The molecule has 0 spiro atoms. The SMILES string of the molecule is Cn1cnc(OCCCNC(C)(C)C)n1. The van der Waals surface area contributed by atoms with E-state index in [0.29, 0.717) is 12.6 Å². The summed E-state index contributed by atoms with van der Waals surface area (Å²) in [4.78, 5) is 3.97. The lowest BCUT2D eigenvalue weighted by atomic mass is 10.1. The Morgan fingerprint density at radius 3 is 2.73 bits per heavy atom. The second-order valence-corrected chi connectivity index (χ2v) is 4.58. The summed E-state index contributed by atoms with van der Waals surface area (Å²) >= 11 is 0. The molecule has 0 aromatic carbocycles. The number of aryl methyl sites for hydroxylation is 1. The van der Waals surface area contributed by atoms with Gasteiger partial charge in [-0.05, 0) is 33.7 Å². The van der Waals surface area contributed by atoms with Crippen LogP contribution in [-0.4, -0.2) is 33.5 Å². The Labute approximate surface area is 90.8 Å². The molecule has 0 bridgehead atoms. The number of hydrogen-bond donors (Lipinski definition) is 1. The molecular formula is C10H20N4O. The first-order chi connectivity index (χ1) is 6.97. The Morgan fingerprint density at radius 1 is 1.47 bits per heavy atom. The van der Waals surface area contributed by atoms with Gasteiger partial charge < -0.3 is 10.1 Å². The highest BCUT2D eigenvalue weighted by molar-refractivity contribution is 4.86. The second kappa shape index (κ2) is 5.11. The van der Waals surface area contributed by atoms with Crippen LogP contribution >= 0.6 is 0 Å². The molecule has 0 atom stereocenters. The Hall–Kier alpha value is -1.10. The van der Waals surface area contributed by atoms with Gasteiger partial charge >= 0.3 is 6.01 Å². The van der Waals surface area contributed by atoms with Crippen LogP contribution < -0.4 is 10.1 Å². The Kier molecular flexibility index (Phi) is 4.08. The predicted octanol–water partition coefficient (Wildman–Crippen LogP) is 0.972. The monoisotopic (exact) mass is 212 g/mol. The van der Waals surface area contributed by atoms with Crippen molar-refractivity contribution in [2.24, 2.45) is 7.05 Å². The number of nitrogens with one attached hydrogen (secondary N) is 1. The minimum atomic E-state index is 0.170. The van der Waals surface area contributed by atoms with Crippen LogP contribution in [0.3, 0.4) is 0 Å². The van der Waals surface area contributed by atoms with Gasteiger partial charge in [-0.25, -0.2) is 0 Å². The van der Waals surface area contributed by atoms with Crippen molar-refractivity contribution in [3.63, 3.8) is 0 Å². The normalized spacial score (nSPS) is 11.7.